The lowest BCUT2D eigenvalue weighted by atomic mass is 10.1. The Labute approximate surface area is 142 Å². The SMILES string of the molecule is COc1cccc(OC)c1C(=O)NNC(=O)c1cccc([N+](=O)[O-])c1. The third-order valence-electron chi connectivity index (χ3n) is 3.26. The Hall–Kier alpha value is -3.62. The molecular weight excluding hydrogens is 330 g/mol. The molecule has 0 atom stereocenters. The van der Waals surface area contributed by atoms with Gasteiger partial charge in [-0.05, 0) is 18.2 Å². The van der Waals surface area contributed by atoms with Crippen molar-refractivity contribution in [2.75, 3.05) is 14.2 Å². The summed E-state index contributed by atoms with van der Waals surface area (Å²) in [7, 11) is 2.79. The van der Waals surface area contributed by atoms with Crippen molar-refractivity contribution < 1.29 is 24.0 Å². The van der Waals surface area contributed by atoms with Gasteiger partial charge in [0.1, 0.15) is 17.1 Å². The summed E-state index contributed by atoms with van der Waals surface area (Å²) >= 11 is 0. The van der Waals surface area contributed by atoms with Gasteiger partial charge >= 0.3 is 0 Å². The third kappa shape index (κ3) is 4.02. The van der Waals surface area contributed by atoms with E-state index in [0.717, 1.165) is 6.07 Å². The van der Waals surface area contributed by atoms with Gasteiger partial charge in [-0.25, -0.2) is 0 Å². The summed E-state index contributed by atoms with van der Waals surface area (Å²) in [6, 6.07) is 9.91. The molecule has 2 aromatic rings. The largest absolute Gasteiger partial charge is 0.496 e. The number of carbonyl (C=O) groups excluding carboxylic acids is 2. The van der Waals surface area contributed by atoms with Gasteiger partial charge in [-0.15, -0.1) is 0 Å². The van der Waals surface area contributed by atoms with E-state index in [9.17, 15) is 19.7 Å². The Morgan fingerprint density at radius 1 is 0.960 bits per heavy atom. The molecule has 0 spiro atoms. The standard InChI is InChI=1S/C16H15N3O6/c1-24-12-7-4-8-13(25-2)14(12)16(21)18-17-15(20)10-5-3-6-11(9-10)19(22)23/h3-9H,1-2H3,(H,17,20)(H,18,21). The van der Waals surface area contributed by atoms with Gasteiger partial charge in [-0.1, -0.05) is 12.1 Å². The maximum Gasteiger partial charge on any atom is 0.277 e. The number of nitro benzene ring substituents is 1. The Bertz CT molecular complexity index is 799. The van der Waals surface area contributed by atoms with Gasteiger partial charge in [0.25, 0.3) is 17.5 Å². The number of ether oxygens (including phenoxy) is 2. The Balaban J connectivity index is 2.14. The number of benzene rings is 2. The highest BCUT2D eigenvalue weighted by atomic mass is 16.6. The van der Waals surface area contributed by atoms with Crippen molar-refractivity contribution in [2.45, 2.75) is 0 Å². The summed E-state index contributed by atoms with van der Waals surface area (Å²) in [5.74, 6) is -0.832. The van der Waals surface area contributed by atoms with Crippen LogP contribution in [0.15, 0.2) is 42.5 Å². The second-order valence-electron chi connectivity index (χ2n) is 4.75. The van der Waals surface area contributed by atoms with Crippen molar-refractivity contribution in [1.29, 1.82) is 0 Å². The van der Waals surface area contributed by atoms with E-state index in [2.05, 4.69) is 10.9 Å². The molecule has 25 heavy (non-hydrogen) atoms. The highest BCUT2D eigenvalue weighted by Gasteiger charge is 2.19. The van der Waals surface area contributed by atoms with E-state index in [1.54, 1.807) is 18.2 Å². The van der Waals surface area contributed by atoms with Crippen LogP contribution in [-0.2, 0) is 0 Å². The van der Waals surface area contributed by atoms with Crippen molar-refractivity contribution in [1.82, 2.24) is 10.9 Å². The lowest BCUT2D eigenvalue weighted by molar-refractivity contribution is -0.384. The molecule has 2 amide bonds. The maximum atomic E-state index is 12.3. The van der Waals surface area contributed by atoms with Gasteiger partial charge < -0.3 is 9.47 Å². The first kappa shape index (κ1) is 17.7. The first-order chi connectivity index (χ1) is 12.0. The van der Waals surface area contributed by atoms with Crippen LogP contribution in [0.3, 0.4) is 0 Å². The molecule has 0 saturated carbocycles. The summed E-state index contributed by atoms with van der Waals surface area (Å²) in [5.41, 5.74) is 4.32. The average molecular weight is 345 g/mol. The minimum atomic E-state index is -0.703. The number of amides is 2. The van der Waals surface area contributed by atoms with Gasteiger partial charge in [0.15, 0.2) is 0 Å². The van der Waals surface area contributed by atoms with Crippen molar-refractivity contribution in [3.8, 4) is 11.5 Å². The fraction of sp³-hybridized carbons (Fsp3) is 0.125. The zero-order valence-electron chi connectivity index (χ0n) is 13.4. The molecular formula is C16H15N3O6. The normalized spacial score (nSPS) is 9.84. The fourth-order valence-electron chi connectivity index (χ4n) is 2.08. The average Bonchev–Trinajstić information content (AvgIpc) is 2.64. The molecule has 0 unspecified atom stereocenters. The molecule has 2 rings (SSSR count). The molecule has 0 aliphatic carbocycles. The predicted molar refractivity (Wildman–Crippen MR) is 87.6 cm³/mol. The maximum absolute atomic E-state index is 12.3. The molecule has 0 aliphatic heterocycles. The van der Waals surface area contributed by atoms with E-state index in [1.807, 2.05) is 0 Å². The molecule has 0 aromatic heterocycles. The molecule has 2 aromatic carbocycles. The second-order valence-corrected chi connectivity index (χ2v) is 4.75. The van der Waals surface area contributed by atoms with Crippen LogP contribution in [0, 0.1) is 10.1 Å². The van der Waals surface area contributed by atoms with Crippen LogP contribution >= 0.6 is 0 Å². The fourth-order valence-corrected chi connectivity index (χ4v) is 2.08. The van der Waals surface area contributed by atoms with Gasteiger partial charge in [-0.3, -0.25) is 30.6 Å². The highest BCUT2D eigenvalue weighted by Crippen LogP contribution is 2.27. The number of hydrogen-bond donors (Lipinski definition) is 2. The monoisotopic (exact) mass is 345 g/mol. The first-order valence-electron chi connectivity index (χ1n) is 7.04. The van der Waals surface area contributed by atoms with Crippen molar-refractivity contribution >= 4 is 17.5 Å². The minimum Gasteiger partial charge on any atom is -0.496 e. The van der Waals surface area contributed by atoms with Gasteiger partial charge in [0, 0.05) is 17.7 Å². The molecule has 0 aliphatic rings. The van der Waals surface area contributed by atoms with Crippen molar-refractivity contribution in [3.63, 3.8) is 0 Å². The van der Waals surface area contributed by atoms with E-state index in [-0.39, 0.29) is 28.3 Å². The number of methoxy groups -OCH3 is 2. The summed E-state index contributed by atoms with van der Waals surface area (Å²) in [6.45, 7) is 0. The van der Waals surface area contributed by atoms with Crippen LogP contribution in [0.25, 0.3) is 0 Å². The summed E-state index contributed by atoms with van der Waals surface area (Å²) < 4.78 is 10.2. The molecule has 0 saturated heterocycles. The number of hydrogen-bond acceptors (Lipinski definition) is 6. The molecule has 2 N–H and O–H groups in total. The molecule has 0 fully saturated rings. The molecule has 0 bridgehead atoms. The van der Waals surface area contributed by atoms with Crippen LogP contribution in [0.1, 0.15) is 20.7 Å². The lowest BCUT2D eigenvalue weighted by Gasteiger charge is -2.13. The van der Waals surface area contributed by atoms with Gasteiger partial charge in [0.2, 0.25) is 0 Å². The number of non-ortho nitro benzene ring substituents is 1. The quantitative estimate of drug-likeness (QED) is 0.628. The van der Waals surface area contributed by atoms with E-state index < -0.39 is 16.7 Å². The topological polar surface area (TPSA) is 120 Å². The van der Waals surface area contributed by atoms with Crippen LogP contribution in [-0.4, -0.2) is 31.0 Å². The first-order valence-corrected chi connectivity index (χ1v) is 7.04. The van der Waals surface area contributed by atoms with Crippen molar-refractivity contribution in [2.24, 2.45) is 0 Å². The van der Waals surface area contributed by atoms with E-state index in [0.29, 0.717) is 0 Å². The van der Waals surface area contributed by atoms with Crippen LogP contribution < -0.4 is 20.3 Å². The zero-order valence-corrected chi connectivity index (χ0v) is 13.4. The number of nitrogens with one attached hydrogen (secondary N) is 2. The third-order valence-corrected chi connectivity index (χ3v) is 3.26. The van der Waals surface area contributed by atoms with Crippen LogP contribution in [0.2, 0.25) is 0 Å². The summed E-state index contributed by atoms with van der Waals surface area (Å²) in [4.78, 5) is 34.5. The van der Waals surface area contributed by atoms with Crippen LogP contribution in [0.5, 0.6) is 11.5 Å². The zero-order chi connectivity index (χ0) is 18.4. The van der Waals surface area contributed by atoms with Gasteiger partial charge in [0.05, 0.1) is 19.1 Å². The molecule has 0 heterocycles. The number of hydrazine groups is 1. The van der Waals surface area contributed by atoms with Crippen LogP contribution in [0.4, 0.5) is 5.69 Å². The number of nitrogens with zero attached hydrogens (tertiary/aromatic N) is 1. The number of carbonyl (C=O) groups is 2. The van der Waals surface area contributed by atoms with Gasteiger partial charge in [-0.2, -0.15) is 0 Å². The smallest absolute Gasteiger partial charge is 0.277 e. The lowest BCUT2D eigenvalue weighted by Crippen LogP contribution is -2.41. The summed E-state index contributed by atoms with van der Waals surface area (Å²) in [6.07, 6.45) is 0. The highest BCUT2D eigenvalue weighted by molar-refractivity contribution is 6.02. The Morgan fingerprint density at radius 2 is 1.52 bits per heavy atom. The number of nitro groups is 1. The predicted octanol–water partition coefficient (Wildman–Crippen LogP) is 1.69. The second kappa shape index (κ2) is 7.77. The Kier molecular flexibility index (Phi) is 5.51. The number of rotatable bonds is 5. The molecule has 9 heteroatoms. The Morgan fingerprint density at radius 3 is 2.08 bits per heavy atom. The molecule has 9 nitrogen and oxygen atoms in total. The molecule has 0 radical (unpaired) electrons. The summed E-state index contributed by atoms with van der Waals surface area (Å²) in [5, 5.41) is 10.7. The van der Waals surface area contributed by atoms with E-state index >= 15 is 0 Å². The van der Waals surface area contributed by atoms with Crippen molar-refractivity contribution in [3.05, 3.63) is 63.7 Å². The molecule has 130 valence electrons. The van der Waals surface area contributed by atoms with E-state index in [4.69, 9.17) is 9.47 Å². The van der Waals surface area contributed by atoms with E-state index in [1.165, 1.54) is 32.4 Å². The minimum absolute atomic E-state index is 0.0292.